The van der Waals surface area contributed by atoms with Gasteiger partial charge in [0.05, 0.1) is 37.8 Å². The van der Waals surface area contributed by atoms with E-state index in [4.69, 9.17) is 14.5 Å². The van der Waals surface area contributed by atoms with Gasteiger partial charge in [0.25, 0.3) is 0 Å². The van der Waals surface area contributed by atoms with Gasteiger partial charge >= 0.3 is 0 Å². The first-order valence-corrected chi connectivity index (χ1v) is 11.0. The molecule has 0 radical (unpaired) electrons. The Bertz CT molecular complexity index is 1030. The van der Waals surface area contributed by atoms with E-state index in [1.165, 1.54) is 0 Å². The van der Waals surface area contributed by atoms with E-state index < -0.39 is 0 Å². The molecule has 1 aliphatic rings. The summed E-state index contributed by atoms with van der Waals surface area (Å²) in [6.45, 7) is 5.75. The summed E-state index contributed by atoms with van der Waals surface area (Å²) in [6.07, 6.45) is 0.976. The van der Waals surface area contributed by atoms with E-state index in [2.05, 4.69) is 20.1 Å². The molecular formula is C24H31N5O3. The van der Waals surface area contributed by atoms with E-state index in [9.17, 15) is 4.79 Å². The second kappa shape index (κ2) is 9.91. The Labute approximate surface area is 188 Å². The van der Waals surface area contributed by atoms with Crippen LogP contribution in [0.4, 0.5) is 5.95 Å². The Morgan fingerprint density at radius 3 is 2.75 bits per heavy atom. The molecule has 0 aliphatic carbocycles. The third-order valence-electron chi connectivity index (χ3n) is 5.91. The molecule has 2 N–H and O–H groups in total. The molecular weight excluding hydrogens is 406 g/mol. The standard InChI is InChI=1S/C24H31N5O3/c1-17(19-15-18(31-2)9-10-22(19)32-3)25-23(30)16-28-11-6-12-29(14-13-28)24-26-20-7-4-5-8-21(20)27-24/h4-5,7-10,15,17H,6,11-14,16H2,1-3H3,(H,25,30)(H,26,27). The maximum Gasteiger partial charge on any atom is 0.234 e. The number of H-pyrrole nitrogens is 1. The molecule has 0 spiro atoms. The van der Waals surface area contributed by atoms with Crippen molar-refractivity contribution >= 4 is 22.9 Å². The summed E-state index contributed by atoms with van der Waals surface area (Å²) in [5.74, 6) is 2.37. The van der Waals surface area contributed by atoms with Crippen molar-refractivity contribution in [2.45, 2.75) is 19.4 Å². The van der Waals surface area contributed by atoms with E-state index in [0.29, 0.717) is 6.54 Å². The van der Waals surface area contributed by atoms with Gasteiger partial charge in [-0.15, -0.1) is 0 Å². The van der Waals surface area contributed by atoms with Gasteiger partial charge in [0.15, 0.2) is 0 Å². The van der Waals surface area contributed by atoms with Gasteiger partial charge in [0, 0.05) is 31.7 Å². The lowest BCUT2D eigenvalue weighted by Gasteiger charge is -2.23. The van der Waals surface area contributed by atoms with Crippen LogP contribution in [0.5, 0.6) is 11.5 Å². The molecule has 8 heteroatoms. The minimum absolute atomic E-state index is 0.000407. The summed E-state index contributed by atoms with van der Waals surface area (Å²) in [6, 6.07) is 13.5. The van der Waals surface area contributed by atoms with Crippen LogP contribution in [0.15, 0.2) is 42.5 Å². The average Bonchev–Trinajstić information content (AvgIpc) is 3.11. The van der Waals surface area contributed by atoms with Crippen LogP contribution in [0.25, 0.3) is 11.0 Å². The van der Waals surface area contributed by atoms with Crippen molar-refractivity contribution in [3.63, 3.8) is 0 Å². The van der Waals surface area contributed by atoms with Crippen LogP contribution < -0.4 is 19.7 Å². The zero-order chi connectivity index (χ0) is 22.5. The molecule has 3 aromatic rings. The highest BCUT2D eigenvalue weighted by Gasteiger charge is 2.21. The number of imidazole rings is 1. The van der Waals surface area contributed by atoms with Crippen molar-refractivity contribution in [2.24, 2.45) is 0 Å². The van der Waals surface area contributed by atoms with Gasteiger partial charge in [-0.1, -0.05) is 12.1 Å². The van der Waals surface area contributed by atoms with Crippen molar-refractivity contribution in [1.82, 2.24) is 20.2 Å². The fraction of sp³-hybridized carbons (Fsp3) is 0.417. The topological polar surface area (TPSA) is 82.7 Å². The summed E-state index contributed by atoms with van der Waals surface area (Å²) in [7, 11) is 3.26. The molecule has 32 heavy (non-hydrogen) atoms. The van der Waals surface area contributed by atoms with E-state index in [-0.39, 0.29) is 11.9 Å². The number of methoxy groups -OCH3 is 2. The van der Waals surface area contributed by atoms with Crippen molar-refractivity contribution in [3.8, 4) is 11.5 Å². The second-order valence-corrected chi connectivity index (χ2v) is 8.09. The van der Waals surface area contributed by atoms with Gasteiger partial charge < -0.3 is 24.7 Å². The number of hydrogen-bond acceptors (Lipinski definition) is 6. The first-order valence-electron chi connectivity index (χ1n) is 11.0. The van der Waals surface area contributed by atoms with E-state index in [1.54, 1.807) is 14.2 Å². The number of rotatable bonds is 7. The van der Waals surface area contributed by atoms with Crippen LogP contribution in [-0.2, 0) is 4.79 Å². The minimum Gasteiger partial charge on any atom is -0.497 e. The molecule has 0 saturated carbocycles. The first-order chi connectivity index (χ1) is 15.6. The maximum absolute atomic E-state index is 12.8. The van der Waals surface area contributed by atoms with Crippen LogP contribution in [0.1, 0.15) is 24.9 Å². The number of nitrogens with zero attached hydrogens (tertiary/aromatic N) is 3. The highest BCUT2D eigenvalue weighted by molar-refractivity contribution is 5.79. The quantitative estimate of drug-likeness (QED) is 0.591. The SMILES string of the molecule is COc1ccc(OC)c(C(C)NC(=O)CN2CCCN(c3nc4ccccc4[nH]3)CC2)c1. The number of aromatic amines is 1. The number of para-hydroxylation sites is 2. The molecule has 1 aromatic heterocycles. The molecule has 2 aromatic carbocycles. The number of nitrogens with one attached hydrogen (secondary N) is 2. The molecule has 1 aliphatic heterocycles. The van der Waals surface area contributed by atoms with Gasteiger partial charge in [0.1, 0.15) is 11.5 Å². The minimum atomic E-state index is -0.188. The van der Waals surface area contributed by atoms with Crippen LogP contribution in [-0.4, -0.2) is 67.7 Å². The summed E-state index contributed by atoms with van der Waals surface area (Å²) in [5.41, 5.74) is 2.92. The largest absolute Gasteiger partial charge is 0.497 e. The van der Waals surface area contributed by atoms with Crippen LogP contribution in [0.2, 0.25) is 0 Å². The molecule has 4 rings (SSSR count). The number of hydrogen-bond donors (Lipinski definition) is 2. The number of amides is 1. The number of fused-ring (bicyclic) bond motifs is 1. The highest BCUT2D eigenvalue weighted by atomic mass is 16.5. The Hall–Kier alpha value is -3.26. The zero-order valence-corrected chi connectivity index (χ0v) is 18.9. The fourth-order valence-electron chi connectivity index (χ4n) is 4.18. The summed E-state index contributed by atoms with van der Waals surface area (Å²) in [4.78, 5) is 25.4. The summed E-state index contributed by atoms with van der Waals surface area (Å²) in [5, 5.41) is 3.10. The third-order valence-corrected chi connectivity index (χ3v) is 5.91. The summed E-state index contributed by atoms with van der Waals surface area (Å²) >= 11 is 0. The molecule has 1 amide bonds. The lowest BCUT2D eigenvalue weighted by atomic mass is 10.1. The number of ether oxygens (including phenoxy) is 2. The molecule has 1 atom stereocenters. The van der Waals surface area contributed by atoms with Crippen molar-refractivity contribution < 1.29 is 14.3 Å². The zero-order valence-electron chi connectivity index (χ0n) is 18.9. The maximum atomic E-state index is 12.8. The number of carbonyl (C=O) groups excluding carboxylic acids is 1. The number of benzene rings is 2. The fourth-order valence-corrected chi connectivity index (χ4v) is 4.18. The molecule has 0 bridgehead atoms. The van der Waals surface area contributed by atoms with Gasteiger partial charge in [0.2, 0.25) is 11.9 Å². The smallest absolute Gasteiger partial charge is 0.234 e. The Kier molecular flexibility index (Phi) is 6.80. The van der Waals surface area contributed by atoms with Crippen LogP contribution >= 0.6 is 0 Å². The Morgan fingerprint density at radius 1 is 1.12 bits per heavy atom. The highest BCUT2D eigenvalue weighted by Crippen LogP contribution is 2.29. The normalized spacial score (nSPS) is 15.9. The lowest BCUT2D eigenvalue weighted by molar-refractivity contribution is -0.122. The van der Waals surface area contributed by atoms with E-state index in [1.807, 2.05) is 49.4 Å². The number of aromatic nitrogens is 2. The molecule has 1 fully saturated rings. The molecule has 170 valence electrons. The van der Waals surface area contributed by atoms with Crippen LogP contribution in [0, 0.1) is 0 Å². The summed E-state index contributed by atoms with van der Waals surface area (Å²) < 4.78 is 10.8. The molecule has 1 unspecified atom stereocenters. The lowest BCUT2D eigenvalue weighted by Crippen LogP contribution is -2.40. The molecule has 1 saturated heterocycles. The molecule has 8 nitrogen and oxygen atoms in total. The van der Waals surface area contributed by atoms with Gasteiger partial charge in [-0.2, -0.15) is 0 Å². The van der Waals surface area contributed by atoms with Gasteiger partial charge in [-0.05, 0) is 43.7 Å². The predicted molar refractivity (Wildman–Crippen MR) is 125 cm³/mol. The monoisotopic (exact) mass is 437 g/mol. The second-order valence-electron chi connectivity index (χ2n) is 8.09. The first kappa shape index (κ1) is 22.0. The Balaban J connectivity index is 1.34. The third kappa shape index (κ3) is 4.96. The van der Waals surface area contributed by atoms with Crippen LogP contribution in [0.3, 0.4) is 0 Å². The van der Waals surface area contributed by atoms with E-state index >= 15 is 0 Å². The molecule has 2 heterocycles. The van der Waals surface area contributed by atoms with Crippen molar-refractivity contribution in [3.05, 3.63) is 48.0 Å². The number of anilines is 1. The average molecular weight is 438 g/mol. The van der Waals surface area contributed by atoms with E-state index in [0.717, 1.165) is 66.6 Å². The van der Waals surface area contributed by atoms with Gasteiger partial charge in [-0.3, -0.25) is 9.69 Å². The Morgan fingerprint density at radius 2 is 1.97 bits per heavy atom. The number of carbonyl (C=O) groups is 1. The van der Waals surface area contributed by atoms with Crippen molar-refractivity contribution in [1.29, 1.82) is 0 Å². The predicted octanol–water partition coefficient (Wildman–Crippen LogP) is 2.97. The van der Waals surface area contributed by atoms with Crippen molar-refractivity contribution in [2.75, 3.05) is 51.8 Å². The van der Waals surface area contributed by atoms with Gasteiger partial charge in [-0.25, -0.2) is 4.98 Å².